The molecule has 0 unspecified atom stereocenters. The molecule has 27 heavy (non-hydrogen) atoms. The number of aliphatic hydroxyl groups excluding tert-OH is 1. The van der Waals surface area contributed by atoms with E-state index in [4.69, 9.17) is 11.6 Å². The topological polar surface area (TPSA) is 105 Å². The molecule has 0 amide bonds. The Hall–Kier alpha value is -2.71. The highest BCUT2D eigenvalue weighted by Crippen LogP contribution is 2.30. The molecule has 0 spiro atoms. The van der Waals surface area contributed by atoms with E-state index in [1.807, 2.05) is 20.8 Å². The summed E-state index contributed by atoms with van der Waals surface area (Å²) in [6.45, 7) is 5.91. The first-order valence-electron chi connectivity index (χ1n) is 8.44. The van der Waals surface area contributed by atoms with Gasteiger partial charge in [0.25, 0.3) is 5.56 Å². The first-order valence-corrected chi connectivity index (χ1v) is 8.82. The lowest BCUT2D eigenvalue weighted by Gasteiger charge is -2.23. The summed E-state index contributed by atoms with van der Waals surface area (Å²) in [7, 11) is 0. The Morgan fingerprint density at radius 3 is 2.67 bits per heavy atom. The first-order chi connectivity index (χ1) is 12.8. The third kappa shape index (κ3) is 4.35. The third-order valence-corrected chi connectivity index (χ3v) is 3.98. The van der Waals surface area contributed by atoms with Crippen LogP contribution in [0.5, 0.6) is 0 Å². The number of anilines is 3. The van der Waals surface area contributed by atoms with Crippen molar-refractivity contribution in [3.05, 3.63) is 46.2 Å². The average molecular weight is 389 g/mol. The Bertz CT molecular complexity index is 1010. The monoisotopic (exact) mass is 388 g/mol. The SMILES string of the molecule is CC(C)(C)Nc1nc(Nc2cnccn2)cc2c(Cl)cn(CCO)c(=O)c12. The summed E-state index contributed by atoms with van der Waals surface area (Å²) in [5.41, 5.74) is -0.601. The number of aliphatic hydroxyl groups is 1. The van der Waals surface area contributed by atoms with Crippen LogP contribution in [0.4, 0.5) is 17.5 Å². The molecule has 0 atom stereocenters. The lowest BCUT2D eigenvalue weighted by Crippen LogP contribution is -2.29. The number of hydrogen-bond donors (Lipinski definition) is 3. The van der Waals surface area contributed by atoms with Gasteiger partial charge in [-0.25, -0.2) is 9.97 Å². The van der Waals surface area contributed by atoms with Gasteiger partial charge >= 0.3 is 0 Å². The van der Waals surface area contributed by atoms with E-state index in [9.17, 15) is 9.90 Å². The summed E-state index contributed by atoms with van der Waals surface area (Å²) in [6, 6.07) is 1.70. The van der Waals surface area contributed by atoms with Crippen molar-refractivity contribution in [3.63, 3.8) is 0 Å². The van der Waals surface area contributed by atoms with Crippen LogP contribution in [0.25, 0.3) is 10.8 Å². The van der Waals surface area contributed by atoms with Crippen LogP contribution in [0.1, 0.15) is 20.8 Å². The van der Waals surface area contributed by atoms with Crippen molar-refractivity contribution in [2.45, 2.75) is 32.9 Å². The Morgan fingerprint density at radius 1 is 1.26 bits per heavy atom. The molecule has 0 fully saturated rings. The van der Waals surface area contributed by atoms with Crippen molar-refractivity contribution in [2.24, 2.45) is 0 Å². The second-order valence-corrected chi connectivity index (χ2v) is 7.48. The van der Waals surface area contributed by atoms with Gasteiger partial charge in [0.1, 0.15) is 17.5 Å². The summed E-state index contributed by atoms with van der Waals surface area (Å²) in [4.78, 5) is 25.7. The van der Waals surface area contributed by atoms with Gasteiger partial charge in [-0.05, 0) is 26.8 Å². The van der Waals surface area contributed by atoms with Gasteiger partial charge < -0.3 is 20.3 Å². The van der Waals surface area contributed by atoms with Gasteiger partial charge in [0.2, 0.25) is 0 Å². The molecule has 3 heterocycles. The largest absolute Gasteiger partial charge is 0.395 e. The van der Waals surface area contributed by atoms with Crippen LogP contribution in [-0.2, 0) is 6.54 Å². The fourth-order valence-corrected chi connectivity index (χ4v) is 2.90. The number of halogens is 1. The van der Waals surface area contributed by atoms with E-state index in [0.717, 1.165) is 0 Å². The van der Waals surface area contributed by atoms with Crippen LogP contribution < -0.4 is 16.2 Å². The quantitative estimate of drug-likeness (QED) is 0.617. The molecule has 8 nitrogen and oxygen atoms in total. The maximum absolute atomic E-state index is 12.9. The molecular formula is C18H21ClN6O2. The van der Waals surface area contributed by atoms with Gasteiger partial charge in [0, 0.05) is 36.1 Å². The molecule has 0 saturated carbocycles. The second-order valence-electron chi connectivity index (χ2n) is 7.07. The fourth-order valence-electron chi connectivity index (χ4n) is 2.64. The molecule has 0 aliphatic heterocycles. The third-order valence-electron chi connectivity index (χ3n) is 3.67. The van der Waals surface area contributed by atoms with E-state index in [1.54, 1.807) is 24.7 Å². The van der Waals surface area contributed by atoms with Crippen molar-refractivity contribution in [2.75, 3.05) is 17.2 Å². The lowest BCUT2D eigenvalue weighted by atomic mass is 10.1. The summed E-state index contributed by atoms with van der Waals surface area (Å²) in [6.07, 6.45) is 6.24. The predicted molar refractivity (Wildman–Crippen MR) is 107 cm³/mol. The minimum absolute atomic E-state index is 0.156. The number of nitrogens with zero attached hydrogens (tertiary/aromatic N) is 4. The van der Waals surface area contributed by atoms with E-state index in [2.05, 4.69) is 25.6 Å². The number of aromatic nitrogens is 4. The Kier molecular flexibility index (Phi) is 5.29. The average Bonchev–Trinajstić information content (AvgIpc) is 2.59. The van der Waals surface area contributed by atoms with Crippen LogP contribution >= 0.6 is 11.6 Å². The molecule has 0 radical (unpaired) electrons. The van der Waals surface area contributed by atoms with Crippen LogP contribution in [0.15, 0.2) is 35.6 Å². The molecule has 0 aromatic carbocycles. The zero-order valence-electron chi connectivity index (χ0n) is 15.3. The number of fused-ring (bicyclic) bond motifs is 1. The maximum atomic E-state index is 12.9. The van der Waals surface area contributed by atoms with E-state index in [-0.39, 0.29) is 24.2 Å². The van der Waals surface area contributed by atoms with Gasteiger partial charge in [-0.1, -0.05) is 11.6 Å². The smallest absolute Gasteiger partial charge is 0.262 e. The van der Waals surface area contributed by atoms with E-state index < -0.39 is 0 Å². The molecule has 0 aliphatic rings. The minimum Gasteiger partial charge on any atom is -0.395 e. The summed E-state index contributed by atoms with van der Waals surface area (Å²) >= 11 is 6.44. The highest BCUT2D eigenvalue weighted by molar-refractivity contribution is 6.35. The van der Waals surface area contributed by atoms with Gasteiger partial charge in [0.15, 0.2) is 0 Å². The van der Waals surface area contributed by atoms with Crippen molar-refractivity contribution < 1.29 is 5.11 Å². The molecule has 3 N–H and O–H groups in total. The van der Waals surface area contributed by atoms with E-state index in [0.29, 0.717) is 33.2 Å². The van der Waals surface area contributed by atoms with Crippen molar-refractivity contribution in [1.82, 2.24) is 19.5 Å². The summed E-state index contributed by atoms with van der Waals surface area (Å²) < 4.78 is 1.38. The number of nitrogens with one attached hydrogen (secondary N) is 2. The molecule has 0 bridgehead atoms. The van der Waals surface area contributed by atoms with Crippen LogP contribution in [0.2, 0.25) is 5.02 Å². The number of pyridine rings is 2. The summed E-state index contributed by atoms with van der Waals surface area (Å²) in [5, 5.41) is 16.9. The molecule has 3 aromatic rings. The van der Waals surface area contributed by atoms with Crippen molar-refractivity contribution in [3.8, 4) is 0 Å². The van der Waals surface area contributed by atoms with Gasteiger partial charge in [0.05, 0.1) is 23.2 Å². The number of hydrogen-bond acceptors (Lipinski definition) is 7. The Labute approximate surface area is 161 Å². The second kappa shape index (κ2) is 7.50. The Balaban J connectivity index is 2.22. The molecule has 9 heteroatoms. The molecule has 142 valence electrons. The van der Waals surface area contributed by atoms with Gasteiger partial charge in [-0.2, -0.15) is 0 Å². The van der Waals surface area contributed by atoms with Crippen LogP contribution in [0.3, 0.4) is 0 Å². The molecule has 3 rings (SSSR count). The Morgan fingerprint density at radius 2 is 2.04 bits per heavy atom. The minimum atomic E-state index is -0.332. The molecule has 0 saturated heterocycles. The van der Waals surface area contributed by atoms with Crippen LogP contribution in [0, 0.1) is 0 Å². The molecule has 3 aromatic heterocycles. The highest BCUT2D eigenvalue weighted by Gasteiger charge is 2.19. The van der Waals surface area contributed by atoms with Crippen molar-refractivity contribution in [1.29, 1.82) is 0 Å². The first kappa shape index (κ1) is 19.1. The van der Waals surface area contributed by atoms with Crippen LogP contribution in [-0.4, -0.2) is 36.8 Å². The zero-order valence-corrected chi connectivity index (χ0v) is 16.1. The van der Waals surface area contributed by atoms with E-state index in [1.165, 1.54) is 10.8 Å². The fraction of sp³-hybridized carbons (Fsp3) is 0.333. The standard InChI is InChI=1S/C18H21ClN6O2/c1-18(2,3)24-16-15-11(12(19)10-25(6-7-26)17(15)27)8-13(23-16)22-14-9-20-4-5-21-14/h4-5,8-10,26H,6-7H2,1-3H3,(H2,21,22,23,24). The van der Waals surface area contributed by atoms with Gasteiger partial charge in [-0.3, -0.25) is 9.78 Å². The zero-order chi connectivity index (χ0) is 19.6. The summed E-state index contributed by atoms with van der Waals surface area (Å²) in [5.74, 6) is 1.41. The van der Waals surface area contributed by atoms with Gasteiger partial charge in [-0.15, -0.1) is 0 Å². The molecular weight excluding hydrogens is 368 g/mol. The maximum Gasteiger partial charge on any atom is 0.262 e. The lowest BCUT2D eigenvalue weighted by molar-refractivity contribution is 0.274. The molecule has 0 aliphatic carbocycles. The van der Waals surface area contributed by atoms with Crippen molar-refractivity contribution >= 4 is 39.8 Å². The normalized spacial score (nSPS) is 11.6. The highest BCUT2D eigenvalue weighted by atomic mass is 35.5. The number of rotatable bonds is 5. The predicted octanol–water partition coefficient (Wildman–Crippen LogP) is 2.79. The van der Waals surface area contributed by atoms with E-state index >= 15 is 0 Å².